The van der Waals surface area contributed by atoms with Gasteiger partial charge in [0.05, 0.1) is 19.3 Å². The van der Waals surface area contributed by atoms with Crippen molar-refractivity contribution in [2.24, 2.45) is 0 Å². The van der Waals surface area contributed by atoms with Crippen LogP contribution in [0.3, 0.4) is 0 Å². The summed E-state index contributed by atoms with van der Waals surface area (Å²) >= 11 is 0. The smallest absolute Gasteiger partial charge is 0.242 e. The van der Waals surface area contributed by atoms with Crippen molar-refractivity contribution in [3.8, 4) is 5.75 Å². The molecule has 0 N–H and O–H groups in total. The van der Waals surface area contributed by atoms with Crippen molar-refractivity contribution >= 4 is 17.5 Å². The second-order valence-electron chi connectivity index (χ2n) is 6.42. The summed E-state index contributed by atoms with van der Waals surface area (Å²) in [6.45, 7) is 4.66. The van der Waals surface area contributed by atoms with Gasteiger partial charge in [0.1, 0.15) is 5.75 Å². The van der Waals surface area contributed by atoms with Crippen LogP contribution in [0.5, 0.6) is 5.75 Å². The Balaban J connectivity index is 1.56. The molecule has 2 amide bonds. The van der Waals surface area contributed by atoms with Crippen molar-refractivity contribution in [2.75, 3.05) is 44.7 Å². The third-order valence-corrected chi connectivity index (χ3v) is 4.76. The number of rotatable bonds is 5. The normalized spacial score (nSPS) is 17.6. The van der Waals surface area contributed by atoms with E-state index in [4.69, 9.17) is 4.74 Å². The maximum absolute atomic E-state index is 12.5. The molecule has 2 fully saturated rings. The third kappa shape index (κ3) is 3.63. The fourth-order valence-corrected chi connectivity index (χ4v) is 3.22. The number of hydrogen-bond acceptors (Lipinski definition) is 4. The summed E-state index contributed by atoms with van der Waals surface area (Å²) in [6, 6.07) is 8.22. The summed E-state index contributed by atoms with van der Waals surface area (Å²) in [5, 5.41) is 0. The van der Waals surface area contributed by atoms with Gasteiger partial charge in [0.2, 0.25) is 11.8 Å². The van der Waals surface area contributed by atoms with Crippen molar-refractivity contribution in [2.45, 2.75) is 25.8 Å². The van der Waals surface area contributed by atoms with Crippen LogP contribution in [0.2, 0.25) is 0 Å². The Morgan fingerprint density at radius 2 is 1.83 bits per heavy atom. The maximum atomic E-state index is 12.5. The molecule has 1 aromatic carbocycles. The van der Waals surface area contributed by atoms with Crippen LogP contribution in [-0.2, 0) is 9.59 Å². The van der Waals surface area contributed by atoms with Crippen LogP contribution in [0, 0.1) is 0 Å². The zero-order valence-electron chi connectivity index (χ0n) is 14.4. The predicted molar refractivity (Wildman–Crippen MR) is 92.2 cm³/mol. The summed E-state index contributed by atoms with van der Waals surface area (Å²) in [4.78, 5) is 30.0. The summed E-state index contributed by atoms with van der Waals surface area (Å²) in [7, 11) is 1.67. The van der Waals surface area contributed by atoms with Gasteiger partial charge in [0, 0.05) is 39.1 Å². The van der Waals surface area contributed by atoms with Crippen LogP contribution in [0.25, 0.3) is 0 Å². The zero-order chi connectivity index (χ0) is 17.1. The number of carbonyl (C=O) groups excluding carboxylic acids is 2. The van der Waals surface area contributed by atoms with Gasteiger partial charge in [-0.15, -0.1) is 0 Å². The fraction of sp³-hybridized carbons (Fsp3) is 0.556. The molecular weight excluding hydrogens is 306 g/mol. The summed E-state index contributed by atoms with van der Waals surface area (Å²) in [5.41, 5.74) is 1.07. The molecule has 1 heterocycles. The molecule has 1 aliphatic heterocycles. The highest BCUT2D eigenvalue weighted by atomic mass is 16.5. The summed E-state index contributed by atoms with van der Waals surface area (Å²) < 4.78 is 5.42. The van der Waals surface area contributed by atoms with E-state index in [2.05, 4.69) is 4.90 Å². The molecule has 24 heavy (non-hydrogen) atoms. The van der Waals surface area contributed by atoms with Crippen molar-refractivity contribution in [3.05, 3.63) is 24.3 Å². The number of ether oxygens (including phenoxy) is 1. The number of para-hydroxylation sites is 2. The molecule has 1 aromatic rings. The molecule has 0 bridgehead atoms. The quantitative estimate of drug-likeness (QED) is 0.817. The van der Waals surface area contributed by atoms with Gasteiger partial charge >= 0.3 is 0 Å². The molecule has 6 nitrogen and oxygen atoms in total. The van der Waals surface area contributed by atoms with Gasteiger partial charge in [0.15, 0.2) is 0 Å². The third-order valence-electron chi connectivity index (χ3n) is 4.76. The number of hydrogen-bond donors (Lipinski definition) is 0. The molecule has 1 saturated heterocycles. The van der Waals surface area contributed by atoms with E-state index in [1.807, 2.05) is 29.2 Å². The number of methoxy groups -OCH3 is 1. The lowest BCUT2D eigenvalue weighted by molar-refractivity contribution is -0.140. The zero-order valence-corrected chi connectivity index (χ0v) is 14.4. The minimum atomic E-state index is -0.00138. The Morgan fingerprint density at radius 1 is 1.17 bits per heavy atom. The van der Waals surface area contributed by atoms with Crippen LogP contribution >= 0.6 is 0 Å². The summed E-state index contributed by atoms with van der Waals surface area (Å²) in [5.74, 6) is 0.907. The Labute approximate surface area is 143 Å². The molecule has 0 radical (unpaired) electrons. The summed E-state index contributed by atoms with van der Waals surface area (Å²) in [6.07, 6.45) is 2.04. The number of amides is 2. The molecule has 1 aliphatic carbocycles. The van der Waals surface area contributed by atoms with Crippen molar-refractivity contribution in [1.29, 1.82) is 0 Å². The van der Waals surface area contributed by atoms with Gasteiger partial charge in [-0.25, -0.2) is 0 Å². The van der Waals surface area contributed by atoms with Crippen LogP contribution in [0.1, 0.15) is 19.8 Å². The van der Waals surface area contributed by atoms with E-state index in [-0.39, 0.29) is 24.4 Å². The molecule has 3 rings (SSSR count). The Morgan fingerprint density at radius 3 is 2.42 bits per heavy atom. The first-order valence-electron chi connectivity index (χ1n) is 8.53. The van der Waals surface area contributed by atoms with E-state index in [1.54, 1.807) is 18.9 Å². The second-order valence-corrected chi connectivity index (χ2v) is 6.42. The highest BCUT2D eigenvalue weighted by molar-refractivity contribution is 5.84. The van der Waals surface area contributed by atoms with E-state index in [0.29, 0.717) is 13.1 Å². The second kappa shape index (κ2) is 7.11. The van der Waals surface area contributed by atoms with Gasteiger partial charge in [-0.3, -0.25) is 9.59 Å². The number of benzene rings is 1. The molecule has 0 aromatic heterocycles. The minimum Gasteiger partial charge on any atom is -0.495 e. The van der Waals surface area contributed by atoms with Gasteiger partial charge < -0.3 is 19.4 Å². The first-order chi connectivity index (χ1) is 11.6. The number of piperazine rings is 1. The monoisotopic (exact) mass is 331 g/mol. The molecule has 130 valence electrons. The molecular formula is C18H25N3O3. The van der Waals surface area contributed by atoms with Crippen LogP contribution < -0.4 is 9.64 Å². The Hall–Kier alpha value is -2.24. The fourth-order valence-electron chi connectivity index (χ4n) is 3.22. The van der Waals surface area contributed by atoms with E-state index in [1.165, 1.54) is 0 Å². The largest absolute Gasteiger partial charge is 0.495 e. The van der Waals surface area contributed by atoms with E-state index in [0.717, 1.165) is 37.4 Å². The van der Waals surface area contributed by atoms with Crippen LogP contribution in [-0.4, -0.2) is 67.5 Å². The topological polar surface area (TPSA) is 53.1 Å². The van der Waals surface area contributed by atoms with Gasteiger partial charge in [-0.1, -0.05) is 12.1 Å². The highest BCUT2D eigenvalue weighted by Crippen LogP contribution is 2.29. The van der Waals surface area contributed by atoms with E-state index >= 15 is 0 Å². The first-order valence-corrected chi connectivity index (χ1v) is 8.53. The van der Waals surface area contributed by atoms with Gasteiger partial charge in [-0.2, -0.15) is 0 Å². The molecule has 1 saturated carbocycles. The lowest BCUT2D eigenvalue weighted by Crippen LogP contribution is -2.52. The van der Waals surface area contributed by atoms with Crippen molar-refractivity contribution in [1.82, 2.24) is 9.80 Å². The molecule has 2 aliphatic rings. The standard InChI is InChI=1S/C18H25N3O3/c1-14(22)21(15-7-8-15)13-18(23)20-11-9-19(10-12-20)16-5-3-4-6-17(16)24-2/h3-6,15H,7-13H2,1-2H3. The average molecular weight is 331 g/mol. The number of carbonyl (C=O) groups is 2. The number of anilines is 1. The predicted octanol–water partition coefficient (Wildman–Crippen LogP) is 1.35. The molecule has 0 unspecified atom stereocenters. The SMILES string of the molecule is COc1ccccc1N1CCN(C(=O)CN(C(C)=O)C2CC2)CC1. The van der Waals surface area contributed by atoms with E-state index in [9.17, 15) is 9.59 Å². The van der Waals surface area contributed by atoms with Gasteiger partial charge in [0.25, 0.3) is 0 Å². The minimum absolute atomic E-state index is 0.00138. The first kappa shape index (κ1) is 16.6. The Kier molecular flexibility index (Phi) is 4.92. The molecule has 0 atom stereocenters. The highest BCUT2D eigenvalue weighted by Gasteiger charge is 2.33. The van der Waals surface area contributed by atoms with E-state index < -0.39 is 0 Å². The van der Waals surface area contributed by atoms with Crippen LogP contribution in [0.4, 0.5) is 5.69 Å². The van der Waals surface area contributed by atoms with Gasteiger partial charge in [-0.05, 0) is 25.0 Å². The molecule has 0 spiro atoms. The Bertz CT molecular complexity index is 607. The van der Waals surface area contributed by atoms with Crippen molar-refractivity contribution < 1.29 is 14.3 Å². The number of nitrogens with zero attached hydrogens (tertiary/aromatic N) is 3. The average Bonchev–Trinajstić information content (AvgIpc) is 3.44. The van der Waals surface area contributed by atoms with Crippen LogP contribution in [0.15, 0.2) is 24.3 Å². The lowest BCUT2D eigenvalue weighted by Gasteiger charge is -2.37. The lowest BCUT2D eigenvalue weighted by atomic mass is 10.2. The maximum Gasteiger partial charge on any atom is 0.242 e. The molecule has 6 heteroatoms. The van der Waals surface area contributed by atoms with Crippen molar-refractivity contribution in [3.63, 3.8) is 0 Å².